The molecule has 0 unspecified atom stereocenters. The number of hydrogen-bond acceptors (Lipinski definition) is 3. The Morgan fingerprint density at radius 2 is 1.90 bits per heavy atom. The summed E-state index contributed by atoms with van der Waals surface area (Å²) in [6.45, 7) is 1.85. The van der Waals surface area contributed by atoms with E-state index in [9.17, 15) is 4.79 Å². The van der Waals surface area contributed by atoms with E-state index in [1.165, 1.54) is 0 Å². The molecule has 0 aliphatic rings. The van der Waals surface area contributed by atoms with Crippen LogP contribution in [0.15, 0.2) is 56.1 Å². The van der Waals surface area contributed by atoms with Crippen molar-refractivity contribution in [3.63, 3.8) is 0 Å². The minimum absolute atomic E-state index is 0.233. The summed E-state index contributed by atoms with van der Waals surface area (Å²) in [4.78, 5) is 19.2. The molecule has 2 heterocycles. The highest BCUT2D eigenvalue weighted by Gasteiger charge is 2.13. The summed E-state index contributed by atoms with van der Waals surface area (Å²) in [5, 5.41) is 0. The Labute approximate surface area is 123 Å². The predicted octanol–water partition coefficient (Wildman–Crippen LogP) is 3.77. The van der Waals surface area contributed by atoms with Gasteiger partial charge in [0, 0.05) is 5.56 Å². The summed E-state index contributed by atoms with van der Waals surface area (Å²) >= 11 is 3.29. The maximum Gasteiger partial charge on any atom is 0.266 e. The molecule has 3 rings (SSSR count). The summed E-state index contributed by atoms with van der Waals surface area (Å²) in [5.74, 6) is 1.74. The molecule has 1 aromatic carbocycles. The zero-order chi connectivity index (χ0) is 14.1. The van der Waals surface area contributed by atoms with Crippen LogP contribution < -0.4 is 5.56 Å². The molecule has 0 amide bonds. The average molecular weight is 331 g/mol. The van der Waals surface area contributed by atoms with Gasteiger partial charge in [-0.3, -0.25) is 4.79 Å². The van der Waals surface area contributed by atoms with E-state index in [0.29, 0.717) is 21.8 Å². The van der Waals surface area contributed by atoms with E-state index in [1.54, 1.807) is 6.07 Å². The van der Waals surface area contributed by atoms with Crippen LogP contribution in [0.25, 0.3) is 22.8 Å². The lowest BCUT2D eigenvalue weighted by Crippen LogP contribution is -2.11. The summed E-state index contributed by atoms with van der Waals surface area (Å²) in [5.41, 5.74) is 1.23. The molecule has 100 valence electrons. The van der Waals surface area contributed by atoms with Crippen LogP contribution in [0.5, 0.6) is 0 Å². The molecule has 0 atom stereocenters. The Morgan fingerprint density at radius 3 is 2.55 bits per heavy atom. The molecule has 0 aliphatic carbocycles. The van der Waals surface area contributed by atoms with Crippen molar-refractivity contribution in [3.05, 3.63) is 63.1 Å². The molecule has 3 aromatic rings. The van der Waals surface area contributed by atoms with Crippen LogP contribution >= 0.6 is 15.9 Å². The summed E-state index contributed by atoms with van der Waals surface area (Å²) < 4.78 is 5.92. The molecule has 0 bridgehead atoms. The highest BCUT2D eigenvalue weighted by Crippen LogP contribution is 2.26. The van der Waals surface area contributed by atoms with Crippen molar-refractivity contribution in [2.75, 3.05) is 0 Å². The van der Waals surface area contributed by atoms with Crippen LogP contribution in [0.2, 0.25) is 0 Å². The van der Waals surface area contributed by atoms with Crippen LogP contribution in [0.1, 0.15) is 5.76 Å². The zero-order valence-corrected chi connectivity index (χ0v) is 12.3. The normalized spacial score (nSPS) is 10.7. The fourth-order valence-corrected chi connectivity index (χ4v) is 2.34. The monoisotopic (exact) mass is 330 g/mol. The third kappa shape index (κ3) is 2.32. The Morgan fingerprint density at radius 1 is 1.15 bits per heavy atom. The molecular weight excluding hydrogens is 320 g/mol. The highest BCUT2D eigenvalue weighted by molar-refractivity contribution is 9.10. The molecule has 1 N–H and O–H groups in total. The van der Waals surface area contributed by atoms with E-state index in [0.717, 1.165) is 11.3 Å². The number of benzene rings is 1. The first-order valence-corrected chi connectivity index (χ1v) is 6.86. The molecule has 0 saturated carbocycles. The maximum absolute atomic E-state index is 12.0. The lowest BCUT2D eigenvalue weighted by Gasteiger charge is -2.05. The van der Waals surface area contributed by atoms with Gasteiger partial charge in [0.1, 0.15) is 10.2 Å². The minimum Gasteiger partial charge on any atom is -0.458 e. The van der Waals surface area contributed by atoms with Crippen molar-refractivity contribution < 1.29 is 4.42 Å². The summed E-state index contributed by atoms with van der Waals surface area (Å²) in [6.07, 6.45) is 0. The van der Waals surface area contributed by atoms with Crippen molar-refractivity contribution in [2.24, 2.45) is 0 Å². The van der Waals surface area contributed by atoms with Gasteiger partial charge in [-0.05, 0) is 35.0 Å². The first kappa shape index (κ1) is 12.9. The largest absolute Gasteiger partial charge is 0.458 e. The standard InChI is InChI=1S/C15H11BrN2O2/c1-9-7-8-11(20-9)14-17-13(12(16)15(19)18-14)10-5-3-2-4-6-10/h2-8H,1H3,(H,17,18,19). The number of furan rings is 1. The van der Waals surface area contributed by atoms with Crippen molar-refractivity contribution in [1.29, 1.82) is 0 Å². The first-order valence-electron chi connectivity index (χ1n) is 6.07. The second-order valence-electron chi connectivity index (χ2n) is 4.35. The predicted molar refractivity (Wildman–Crippen MR) is 80.4 cm³/mol. The average Bonchev–Trinajstić information content (AvgIpc) is 2.89. The van der Waals surface area contributed by atoms with Gasteiger partial charge in [0.25, 0.3) is 5.56 Å². The van der Waals surface area contributed by atoms with Crippen molar-refractivity contribution in [1.82, 2.24) is 9.97 Å². The quantitative estimate of drug-likeness (QED) is 0.778. The number of aromatic nitrogens is 2. The number of hydrogen-bond donors (Lipinski definition) is 1. The van der Waals surface area contributed by atoms with E-state index in [1.807, 2.05) is 43.3 Å². The van der Waals surface area contributed by atoms with E-state index >= 15 is 0 Å². The number of aryl methyl sites for hydroxylation is 1. The number of aromatic amines is 1. The lowest BCUT2D eigenvalue weighted by molar-refractivity contribution is 0.544. The first-order chi connectivity index (χ1) is 9.65. The Kier molecular flexibility index (Phi) is 3.28. The Bertz CT molecular complexity index is 806. The highest BCUT2D eigenvalue weighted by atomic mass is 79.9. The molecule has 0 spiro atoms. The summed E-state index contributed by atoms with van der Waals surface area (Å²) in [7, 11) is 0. The van der Waals surface area contributed by atoms with Gasteiger partial charge in [-0.15, -0.1) is 0 Å². The molecule has 0 aliphatic heterocycles. The van der Waals surface area contributed by atoms with Gasteiger partial charge in [-0.1, -0.05) is 30.3 Å². The molecule has 0 saturated heterocycles. The zero-order valence-electron chi connectivity index (χ0n) is 10.7. The number of rotatable bonds is 2. The number of halogens is 1. The van der Waals surface area contributed by atoms with Crippen LogP contribution in [-0.4, -0.2) is 9.97 Å². The van der Waals surface area contributed by atoms with Crippen LogP contribution in [-0.2, 0) is 0 Å². The van der Waals surface area contributed by atoms with E-state index in [4.69, 9.17) is 4.42 Å². The number of nitrogens with one attached hydrogen (secondary N) is 1. The van der Waals surface area contributed by atoms with Crippen molar-refractivity contribution >= 4 is 15.9 Å². The van der Waals surface area contributed by atoms with Gasteiger partial charge in [-0.25, -0.2) is 4.98 Å². The molecule has 5 heteroatoms. The lowest BCUT2D eigenvalue weighted by atomic mass is 10.1. The van der Waals surface area contributed by atoms with Crippen LogP contribution in [0, 0.1) is 6.92 Å². The smallest absolute Gasteiger partial charge is 0.266 e. The SMILES string of the molecule is Cc1ccc(-c2nc(-c3ccccc3)c(Br)c(=O)[nH]2)o1. The van der Waals surface area contributed by atoms with E-state index in [-0.39, 0.29) is 5.56 Å². The van der Waals surface area contributed by atoms with Crippen LogP contribution in [0.4, 0.5) is 0 Å². The van der Waals surface area contributed by atoms with E-state index < -0.39 is 0 Å². The van der Waals surface area contributed by atoms with Gasteiger partial charge < -0.3 is 9.40 Å². The molecule has 4 nitrogen and oxygen atoms in total. The topological polar surface area (TPSA) is 58.9 Å². The third-order valence-corrected chi connectivity index (χ3v) is 3.62. The molecule has 2 aromatic heterocycles. The fraction of sp³-hybridized carbons (Fsp3) is 0.0667. The molecule has 0 radical (unpaired) electrons. The Hall–Kier alpha value is -2.14. The van der Waals surface area contributed by atoms with Gasteiger partial charge in [-0.2, -0.15) is 0 Å². The second-order valence-corrected chi connectivity index (χ2v) is 5.15. The molecule has 20 heavy (non-hydrogen) atoms. The molecular formula is C15H11BrN2O2. The minimum atomic E-state index is -0.233. The summed E-state index contributed by atoms with van der Waals surface area (Å²) in [6, 6.07) is 13.2. The number of nitrogens with zero attached hydrogens (tertiary/aromatic N) is 1. The Balaban J connectivity index is 2.21. The van der Waals surface area contributed by atoms with Gasteiger partial charge in [0.15, 0.2) is 11.6 Å². The van der Waals surface area contributed by atoms with Gasteiger partial charge in [0.05, 0.1) is 5.69 Å². The molecule has 0 fully saturated rings. The van der Waals surface area contributed by atoms with Crippen molar-refractivity contribution in [3.8, 4) is 22.8 Å². The number of H-pyrrole nitrogens is 1. The van der Waals surface area contributed by atoms with E-state index in [2.05, 4.69) is 25.9 Å². The van der Waals surface area contributed by atoms with Gasteiger partial charge in [0.2, 0.25) is 0 Å². The third-order valence-electron chi connectivity index (χ3n) is 2.88. The van der Waals surface area contributed by atoms with Gasteiger partial charge >= 0.3 is 0 Å². The second kappa shape index (κ2) is 5.09. The van der Waals surface area contributed by atoms with Crippen LogP contribution in [0.3, 0.4) is 0 Å². The fourth-order valence-electron chi connectivity index (χ4n) is 1.92. The van der Waals surface area contributed by atoms with Crippen molar-refractivity contribution in [2.45, 2.75) is 6.92 Å². The maximum atomic E-state index is 12.0.